The van der Waals surface area contributed by atoms with Gasteiger partial charge in [0, 0.05) is 50.3 Å². The zero-order chi connectivity index (χ0) is 20.3. The minimum absolute atomic E-state index is 0.0167. The predicted molar refractivity (Wildman–Crippen MR) is 111 cm³/mol. The van der Waals surface area contributed by atoms with Gasteiger partial charge in [-0.3, -0.25) is 4.79 Å². The molecule has 2 fully saturated rings. The summed E-state index contributed by atoms with van der Waals surface area (Å²) in [5.41, 5.74) is 0. The summed E-state index contributed by atoms with van der Waals surface area (Å²) in [5, 5.41) is 0. The van der Waals surface area contributed by atoms with Gasteiger partial charge in [-0.05, 0) is 24.3 Å². The van der Waals surface area contributed by atoms with Gasteiger partial charge in [0.2, 0.25) is 5.91 Å². The molecule has 10 heteroatoms. The number of hydrogen-bond acceptors (Lipinski definition) is 7. The number of nitrogens with zero attached hydrogens (tertiary/aromatic N) is 4. The molecule has 0 unspecified atom stereocenters. The number of thiophene rings is 1. The van der Waals surface area contributed by atoms with Crippen molar-refractivity contribution in [2.24, 2.45) is 0 Å². The number of anilines is 1. The Morgan fingerprint density at radius 3 is 2.48 bits per heavy atom. The first-order chi connectivity index (χ1) is 14.0. The minimum Gasteiger partial charge on any atom is -0.378 e. The molecule has 2 aromatic rings. The summed E-state index contributed by atoms with van der Waals surface area (Å²) in [6.07, 6.45) is 1.97. The van der Waals surface area contributed by atoms with E-state index in [1.54, 1.807) is 23.2 Å². The fourth-order valence-electron chi connectivity index (χ4n) is 3.49. The van der Waals surface area contributed by atoms with Crippen LogP contribution in [0.2, 0.25) is 0 Å². The zero-order valence-electron chi connectivity index (χ0n) is 16.1. The Kier molecular flexibility index (Phi) is 6.14. The summed E-state index contributed by atoms with van der Waals surface area (Å²) >= 11 is 1.19. The molecular formula is C19H24N4O4S2. The van der Waals surface area contributed by atoms with Crippen molar-refractivity contribution in [1.29, 1.82) is 0 Å². The third-order valence-corrected chi connectivity index (χ3v) is 8.58. The lowest BCUT2D eigenvalue weighted by Crippen LogP contribution is -2.48. The van der Waals surface area contributed by atoms with Gasteiger partial charge in [-0.25, -0.2) is 13.4 Å². The molecule has 1 amide bonds. The van der Waals surface area contributed by atoms with E-state index in [0.717, 1.165) is 10.7 Å². The predicted octanol–water partition coefficient (Wildman–Crippen LogP) is 1.06. The van der Waals surface area contributed by atoms with Gasteiger partial charge in [0.05, 0.1) is 19.6 Å². The first-order valence-corrected chi connectivity index (χ1v) is 11.9. The van der Waals surface area contributed by atoms with Gasteiger partial charge in [0.25, 0.3) is 10.0 Å². The van der Waals surface area contributed by atoms with Gasteiger partial charge in [-0.1, -0.05) is 6.07 Å². The maximum absolute atomic E-state index is 13.0. The monoisotopic (exact) mass is 436 g/mol. The topological polar surface area (TPSA) is 83.1 Å². The Labute approximate surface area is 174 Å². The number of ether oxygens (including phenoxy) is 1. The number of hydrogen-bond donors (Lipinski definition) is 0. The third-order valence-electron chi connectivity index (χ3n) is 5.13. The number of piperazine rings is 1. The molecule has 4 heterocycles. The van der Waals surface area contributed by atoms with Crippen molar-refractivity contribution in [2.45, 2.75) is 10.6 Å². The van der Waals surface area contributed by atoms with Crippen molar-refractivity contribution >= 4 is 33.1 Å². The number of rotatable bonds is 5. The van der Waals surface area contributed by atoms with Crippen LogP contribution in [0.15, 0.2) is 40.7 Å². The molecule has 0 saturated carbocycles. The summed E-state index contributed by atoms with van der Waals surface area (Å²) in [6.45, 7) is 4.33. The van der Waals surface area contributed by atoms with Gasteiger partial charge in [-0.15, -0.1) is 11.3 Å². The van der Waals surface area contributed by atoms with Crippen molar-refractivity contribution in [3.63, 3.8) is 0 Å². The maximum atomic E-state index is 13.0. The van der Waals surface area contributed by atoms with Crippen LogP contribution >= 0.6 is 11.3 Å². The van der Waals surface area contributed by atoms with Crippen molar-refractivity contribution < 1.29 is 17.9 Å². The summed E-state index contributed by atoms with van der Waals surface area (Å²) in [5.74, 6) is 0.882. The number of carbonyl (C=O) groups excluding carboxylic acids is 1. The molecule has 0 spiro atoms. The van der Waals surface area contributed by atoms with Crippen molar-refractivity contribution in [3.8, 4) is 0 Å². The average molecular weight is 437 g/mol. The smallest absolute Gasteiger partial charge is 0.252 e. The Balaban J connectivity index is 1.37. The summed E-state index contributed by atoms with van der Waals surface area (Å²) in [4.78, 5) is 21.4. The molecule has 2 aliphatic heterocycles. The summed E-state index contributed by atoms with van der Waals surface area (Å²) in [7, 11) is -3.55. The van der Waals surface area contributed by atoms with Crippen molar-refractivity contribution in [1.82, 2.24) is 14.2 Å². The van der Waals surface area contributed by atoms with E-state index in [2.05, 4.69) is 9.88 Å². The largest absolute Gasteiger partial charge is 0.378 e. The van der Waals surface area contributed by atoms with Crippen LogP contribution in [0.4, 0.5) is 5.82 Å². The summed E-state index contributed by atoms with van der Waals surface area (Å²) in [6, 6.07) is 9.09. The molecule has 29 heavy (non-hydrogen) atoms. The molecule has 0 aliphatic carbocycles. The van der Waals surface area contributed by atoms with E-state index in [1.807, 2.05) is 18.2 Å². The Morgan fingerprint density at radius 1 is 1.03 bits per heavy atom. The third kappa shape index (κ3) is 4.61. The molecule has 0 N–H and O–H groups in total. The van der Waals surface area contributed by atoms with Crippen LogP contribution in [0, 0.1) is 0 Å². The first-order valence-electron chi connectivity index (χ1n) is 9.64. The summed E-state index contributed by atoms with van der Waals surface area (Å²) < 4.78 is 33.1. The molecule has 0 radical (unpaired) electrons. The number of sulfonamides is 1. The van der Waals surface area contributed by atoms with Crippen LogP contribution in [0.1, 0.15) is 4.88 Å². The van der Waals surface area contributed by atoms with E-state index in [0.29, 0.717) is 56.7 Å². The molecule has 0 bridgehead atoms. The molecular weight excluding hydrogens is 412 g/mol. The van der Waals surface area contributed by atoms with Crippen molar-refractivity contribution in [3.05, 3.63) is 41.4 Å². The standard InChI is InChI=1S/C19H24N4O4S2/c24-18(22-11-13-27-14-12-22)15-16-4-5-19(28-16)29(25,26)23-9-7-21(8-10-23)17-3-1-2-6-20-17/h1-6H,7-15H2. The second-order valence-electron chi connectivity index (χ2n) is 6.97. The van der Waals surface area contributed by atoms with Crippen LogP contribution in [0.5, 0.6) is 0 Å². The number of morpholine rings is 1. The van der Waals surface area contributed by atoms with E-state index in [1.165, 1.54) is 15.6 Å². The minimum atomic E-state index is -3.55. The maximum Gasteiger partial charge on any atom is 0.252 e. The highest BCUT2D eigenvalue weighted by molar-refractivity contribution is 7.91. The highest BCUT2D eigenvalue weighted by atomic mass is 32.2. The molecule has 2 aliphatic rings. The molecule has 2 saturated heterocycles. The van der Waals surface area contributed by atoms with Crippen LogP contribution in [-0.4, -0.2) is 81.0 Å². The van der Waals surface area contributed by atoms with Crippen LogP contribution < -0.4 is 4.90 Å². The van der Waals surface area contributed by atoms with E-state index in [9.17, 15) is 13.2 Å². The molecule has 0 aromatic carbocycles. The SMILES string of the molecule is O=C(Cc1ccc(S(=O)(=O)N2CCN(c3ccccn3)CC2)s1)N1CCOCC1. The van der Waals surface area contributed by atoms with Gasteiger partial charge in [0.1, 0.15) is 10.0 Å². The fourth-order valence-corrected chi connectivity index (χ4v) is 6.41. The highest BCUT2D eigenvalue weighted by Crippen LogP contribution is 2.27. The number of amides is 1. The molecule has 4 rings (SSSR count). The first kappa shape index (κ1) is 20.3. The average Bonchev–Trinajstić information content (AvgIpc) is 3.24. The van der Waals surface area contributed by atoms with Gasteiger partial charge in [0.15, 0.2) is 0 Å². The molecule has 2 aromatic heterocycles. The van der Waals surface area contributed by atoms with Crippen molar-refractivity contribution in [2.75, 3.05) is 57.4 Å². The second kappa shape index (κ2) is 8.78. The van der Waals surface area contributed by atoms with Gasteiger partial charge >= 0.3 is 0 Å². The van der Waals surface area contributed by atoms with Gasteiger partial charge in [-0.2, -0.15) is 4.31 Å². The quantitative estimate of drug-likeness (QED) is 0.697. The second-order valence-corrected chi connectivity index (χ2v) is 10.3. The normalized spacial score (nSPS) is 18.8. The van der Waals surface area contributed by atoms with Gasteiger partial charge < -0.3 is 14.5 Å². The molecule has 156 valence electrons. The van der Waals surface area contributed by atoms with Crippen LogP contribution in [-0.2, 0) is 26.0 Å². The fraction of sp³-hybridized carbons (Fsp3) is 0.474. The lowest BCUT2D eigenvalue weighted by atomic mass is 10.3. The zero-order valence-corrected chi connectivity index (χ0v) is 17.7. The lowest BCUT2D eigenvalue weighted by Gasteiger charge is -2.34. The number of aromatic nitrogens is 1. The van der Waals surface area contributed by atoms with E-state index < -0.39 is 10.0 Å². The Morgan fingerprint density at radius 2 is 1.79 bits per heavy atom. The molecule has 0 atom stereocenters. The molecule has 8 nitrogen and oxygen atoms in total. The number of pyridine rings is 1. The Bertz CT molecular complexity index is 934. The van der Waals surface area contributed by atoms with Crippen LogP contribution in [0.3, 0.4) is 0 Å². The Hall–Kier alpha value is -2.01. The number of carbonyl (C=O) groups is 1. The van der Waals surface area contributed by atoms with Crippen LogP contribution in [0.25, 0.3) is 0 Å². The van der Waals surface area contributed by atoms with E-state index in [4.69, 9.17) is 4.74 Å². The van der Waals surface area contributed by atoms with E-state index in [-0.39, 0.29) is 12.3 Å². The van der Waals surface area contributed by atoms with E-state index >= 15 is 0 Å². The highest BCUT2D eigenvalue weighted by Gasteiger charge is 2.30. The lowest BCUT2D eigenvalue weighted by molar-refractivity contribution is -0.134.